The minimum absolute atomic E-state index is 0. The Morgan fingerprint density at radius 2 is 2.11 bits per heavy atom. The number of halogens is 1. The highest BCUT2D eigenvalue weighted by Gasteiger charge is 2.15. The summed E-state index contributed by atoms with van der Waals surface area (Å²) >= 11 is 0. The molecule has 0 saturated carbocycles. The monoisotopic (exact) mass is 500 g/mol. The molecule has 1 saturated heterocycles. The van der Waals surface area contributed by atoms with E-state index in [1.807, 2.05) is 24.3 Å². The van der Waals surface area contributed by atoms with Crippen molar-refractivity contribution in [2.24, 2.45) is 4.99 Å². The van der Waals surface area contributed by atoms with Crippen LogP contribution >= 0.6 is 24.0 Å². The van der Waals surface area contributed by atoms with Crippen LogP contribution in [0.4, 0.5) is 0 Å². The van der Waals surface area contributed by atoms with Crippen molar-refractivity contribution in [2.75, 3.05) is 33.4 Å². The number of ether oxygens (including phenoxy) is 2. The summed E-state index contributed by atoms with van der Waals surface area (Å²) in [7, 11) is 1.75. The first kappa shape index (κ1) is 22.6. The number of nitrogens with one attached hydrogen (secondary N) is 2. The standard InChI is InChI=1S/C20H28N4O3.HI/c1-15-4-6-16(7-5-15)19-24-17(13-27-19)12-23-20(21-2)22-9-3-10-26-18-8-11-25-14-18;/h4-7,13,18H,3,8-12,14H2,1-2H3,(H2,21,22,23);1H. The molecule has 2 N–H and O–H groups in total. The van der Waals surface area contributed by atoms with Crippen LogP contribution in [0.5, 0.6) is 0 Å². The number of oxazole rings is 1. The van der Waals surface area contributed by atoms with E-state index in [0.717, 1.165) is 56.4 Å². The fourth-order valence-corrected chi connectivity index (χ4v) is 2.79. The lowest BCUT2D eigenvalue weighted by Gasteiger charge is -2.12. The number of guanidine groups is 1. The number of nitrogens with zero attached hydrogens (tertiary/aromatic N) is 2. The molecule has 2 aromatic rings. The number of hydrogen-bond acceptors (Lipinski definition) is 5. The van der Waals surface area contributed by atoms with E-state index in [4.69, 9.17) is 13.9 Å². The summed E-state index contributed by atoms with van der Waals surface area (Å²) < 4.78 is 16.6. The van der Waals surface area contributed by atoms with Gasteiger partial charge in [-0.1, -0.05) is 17.7 Å². The molecule has 0 amide bonds. The second-order valence-electron chi connectivity index (χ2n) is 6.57. The van der Waals surface area contributed by atoms with Crippen LogP contribution in [0.2, 0.25) is 0 Å². The van der Waals surface area contributed by atoms with Crippen molar-refractivity contribution >= 4 is 29.9 Å². The van der Waals surface area contributed by atoms with Crippen LogP contribution in [-0.4, -0.2) is 50.5 Å². The van der Waals surface area contributed by atoms with Crippen molar-refractivity contribution in [3.63, 3.8) is 0 Å². The Bertz CT molecular complexity index is 727. The molecule has 1 aromatic heterocycles. The van der Waals surface area contributed by atoms with Gasteiger partial charge in [-0.05, 0) is 31.9 Å². The van der Waals surface area contributed by atoms with Gasteiger partial charge in [0.2, 0.25) is 5.89 Å². The summed E-state index contributed by atoms with van der Waals surface area (Å²) in [5.41, 5.74) is 3.02. The van der Waals surface area contributed by atoms with E-state index in [-0.39, 0.29) is 30.1 Å². The SMILES string of the molecule is CN=C(NCCCOC1CCOC1)NCc1coc(-c2ccc(C)cc2)n1.I. The fraction of sp³-hybridized carbons (Fsp3) is 0.500. The highest BCUT2D eigenvalue weighted by molar-refractivity contribution is 14.0. The van der Waals surface area contributed by atoms with Crippen LogP contribution in [0.25, 0.3) is 11.5 Å². The van der Waals surface area contributed by atoms with E-state index in [2.05, 4.69) is 27.5 Å². The Morgan fingerprint density at radius 1 is 1.29 bits per heavy atom. The van der Waals surface area contributed by atoms with Gasteiger partial charge in [-0.3, -0.25) is 4.99 Å². The second-order valence-corrected chi connectivity index (χ2v) is 6.57. The Morgan fingerprint density at radius 3 is 2.82 bits per heavy atom. The van der Waals surface area contributed by atoms with Gasteiger partial charge >= 0.3 is 0 Å². The lowest BCUT2D eigenvalue weighted by molar-refractivity contribution is 0.0420. The normalized spacial score (nSPS) is 16.6. The smallest absolute Gasteiger partial charge is 0.226 e. The number of aromatic nitrogens is 1. The molecule has 1 fully saturated rings. The summed E-state index contributed by atoms with van der Waals surface area (Å²) in [4.78, 5) is 8.75. The Labute approximate surface area is 183 Å². The van der Waals surface area contributed by atoms with Crippen molar-refractivity contribution in [3.05, 3.63) is 41.8 Å². The Balaban J connectivity index is 0.00000280. The summed E-state index contributed by atoms with van der Waals surface area (Å²) in [6, 6.07) is 8.12. The molecule has 8 heteroatoms. The first-order chi connectivity index (χ1) is 13.2. The van der Waals surface area contributed by atoms with Crippen LogP contribution < -0.4 is 10.6 Å². The van der Waals surface area contributed by atoms with Crippen molar-refractivity contribution < 1.29 is 13.9 Å². The van der Waals surface area contributed by atoms with Gasteiger partial charge in [0.1, 0.15) is 6.26 Å². The molecule has 28 heavy (non-hydrogen) atoms. The van der Waals surface area contributed by atoms with Crippen LogP contribution in [0.15, 0.2) is 39.9 Å². The van der Waals surface area contributed by atoms with Gasteiger partial charge in [-0.15, -0.1) is 24.0 Å². The molecule has 0 bridgehead atoms. The number of hydrogen-bond donors (Lipinski definition) is 2. The van der Waals surface area contributed by atoms with E-state index < -0.39 is 0 Å². The highest BCUT2D eigenvalue weighted by atomic mass is 127. The predicted molar refractivity (Wildman–Crippen MR) is 120 cm³/mol. The van der Waals surface area contributed by atoms with E-state index in [9.17, 15) is 0 Å². The average molecular weight is 500 g/mol. The van der Waals surface area contributed by atoms with Crippen molar-refractivity contribution in [2.45, 2.75) is 32.4 Å². The van der Waals surface area contributed by atoms with Crippen molar-refractivity contribution in [1.29, 1.82) is 0 Å². The van der Waals surface area contributed by atoms with Gasteiger partial charge in [0.05, 0.1) is 24.9 Å². The molecular formula is C20H29IN4O3. The van der Waals surface area contributed by atoms with Crippen LogP contribution in [0, 0.1) is 6.92 Å². The molecule has 7 nitrogen and oxygen atoms in total. The largest absolute Gasteiger partial charge is 0.444 e. The minimum Gasteiger partial charge on any atom is -0.444 e. The zero-order chi connectivity index (χ0) is 18.9. The molecule has 0 aliphatic carbocycles. The Kier molecular flexibility index (Phi) is 9.72. The Hall–Kier alpha value is -1.65. The van der Waals surface area contributed by atoms with Gasteiger partial charge in [0.15, 0.2) is 5.96 Å². The zero-order valence-electron chi connectivity index (χ0n) is 16.4. The number of rotatable bonds is 8. The third kappa shape index (κ3) is 7.06. The molecule has 0 radical (unpaired) electrons. The molecule has 154 valence electrons. The van der Waals surface area contributed by atoms with Gasteiger partial charge in [0, 0.05) is 32.4 Å². The second kappa shape index (κ2) is 12.0. The predicted octanol–water partition coefficient (Wildman–Crippen LogP) is 3.13. The minimum atomic E-state index is 0. The molecule has 2 heterocycles. The van der Waals surface area contributed by atoms with E-state index in [1.54, 1.807) is 13.3 Å². The number of aryl methyl sites for hydroxylation is 1. The molecule has 1 aromatic carbocycles. The highest BCUT2D eigenvalue weighted by Crippen LogP contribution is 2.18. The van der Waals surface area contributed by atoms with E-state index in [0.29, 0.717) is 12.4 Å². The van der Waals surface area contributed by atoms with Gasteiger partial charge in [0.25, 0.3) is 0 Å². The third-order valence-electron chi connectivity index (χ3n) is 4.37. The van der Waals surface area contributed by atoms with E-state index in [1.165, 1.54) is 5.56 Å². The number of benzene rings is 1. The summed E-state index contributed by atoms with van der Waals surface area (Å²) in [6.45, 7) is 5.65. The lowest BCUT2D eigenvalue weighted by Crippen LogP contribution is -2.37. The van der Waals surface area contributed by atoms with Gasteiger partial charge in [-0.25, -0.2) is 4.98 Å². The van der Waals surface area contributed by atoms with Gasteiger partial charge < -0.3 is 24.5 Å². The molecular weight excluding hydrogens is 471 g/mol. The van der Waals surface area contributed by atoms with Crippen molar-refractivity contribution in [1.82, 2.24) is 15.6 Å². The van der Waals surface area contributed by atoms with E-state index >= 15 is 0 Å². The third-order valence-corrected chi connectivity index (χ3v) is 4.37. The van der Waals surface area contributed by atoms with Crippen LogP contribution in [0.1, 0.15) is 24.1 Å². The van der Waals surface area contributed by atoms with Crippen LogP contribution in [-0.2, 0) is 16.0 Å². The van der Waals surface area contributed by atoms with Gasteiger partial charge in [-0.2, -0.15) is 0 Å². The van der Waals surface area contributed by atoms with Crippen LogP contribution in [0.3, 0.4) is 0 Å². The average Bonchev–Trinajstić information content (AvgIpc) is 3.36. The summed E-state index contributed by atoms with van der Waals surface area (Å²) in [5.74, 6) is 1.36. The van der Waals surface area contributed by atoms with Crippen molar-refractivity contribution in [3.8, 4) is 11.5 Å². The molecule has 3 rings (SSSR count). The molecule has 1 atom stereocenters. The summed E-state index contributed by atoms with van der Waals surface area (Å²) in [6.07, 6.45) is 3.85. The fourth-order valence-electron chi connectivity index (χ4n) is 2.79. The quantitative estimate of drug-likeness (QED) is 0.251. The first-order valence-electron chi connectivity index (χ1n) is 9.40. The summed E-state index contributed by atoms with van der Waals surface area (Å²) in [5, 5.41) is 6.53. The molecule has 1 unspecified atom stereocenters. The maximum Gasteiger partial charge on any atom is 0.226 e. The molecule has 1 aliphatic rings. The molecule has 1 aliphatic heterocycles. The first-order valence-corrected chi connectivity index (χ1v) is 9.40. The zero-order valence-corrected chi connectivity index (χ0v) is 18.8. The molecule has 0 spiro atoms. The number of aliphatic imine (C=N–C) groups is 1. The maximum atomic E-state index is 5.75. The maximum absolute atomic E-state index is 5.75. The lowest BCUT2D eigenvalue weighted by atomic mass is 10.1. The topological polar surface area (TPSA) is 80.9 Å².